The summed E-state index contributed by atoms with van der Waals surface area (Å²) in [7, 11) is 0. The molecule has 1 aromatic carbocycles. The molecule has 0 atom stereocenters. The second kappa shape index (κ2) is 7.21. The van der Waals surface area contributed by atoms with Gasteiger partial charge >= 0.3 is 0 Å². The zero-order chi connectivity index (χ0) is 19.8. The number of thiophene rings is 1. The Labute approximate surface area is 169 Å². The molecule has 0 aliphatic carbocycles. The summed E-state index contributed by atoms with van der Waals surface area (Å²) >= 11 is 1.46. The highest BCUT2D eigenvalue weighted by molar-refractivity contribution is 7.12. The molecule has 3 aromatic heterocycles. The van der Waals surface area contributed by atoms with Crippen LogP contribution in [0.2, 0.25) is 0 Å². The number of hydrogen-bond donors (Lipinski definition) is 0. The first-order valence-electron chi connectivity index (χ1n) is 9.11. The first-order chi connectivity index (χ1) is 14.2. The minimum absolute atomic E-state index is 0.0646. The Hall–Kier alpha value is -3.40. The van der Waals surface area contributed by atoms with Gasteiger partial charge in [-0.1, -0.05) is 11.3 Å². The van der Waals surface area contributed by atoms with Gasteiger partial charge in [-0.15, -0.1) is 16.4 Å². The Morgan fingerprint density at radius 2 is 1.83 bits per heavy atom. The molecule has 8 nitrogen and oxygen atoms in total. The zero-order valence-electron chi connectivity index (χ0n) is 15.3. The number of carbonyl (C=O) groups is 1. The van der Waals surface area contributed by atoms with Crippen LogP contribution in [0, 0.1) is 5.82 Å². The number of amides is 1. The quantitative estimate of drug-likeness (QED) is 0.517. The summed E-state index contributed by atoms with van der Waals surface area (Å²) in [5.41, 5.74) is 1.80. The second-order valence-corrected chi connectivity index (χ2v) is 7.55. The molecular formula is C19H16FN7OS. The largest absolute Gasteiger partial charge is 0.351 e. The van der Waals surface area contributed by atoms with Crippen molar-refractivity contribution in [2.45, 2.75) is 0 Å². The van der Waals surface area contributed by atoms with Crippen LogP contribution in [0.15, 0.2) is 48.1 Å². The molecule has 0 spiro atoms. The van der Waals surface area contributed by atoms with E-state index in [9.17, 15) is 9.18 Å². The lowest BCUT2D eigenvalue weighted by molar-refractivity contribution is 0.0751. The monoisotopic (exact) mass is 409 g/mol. The van der Waals surface area contributed by atoms with Crippen molar-refractivity contribution >= 4 is 34.2 Å². The van der Waals surface area contributed by atoms with Gasteiger partial charge in [0.15, 0.2) is 17.0 Å². The van der Waals surface area contributed by atoms with Crippen LogP contribution in [0.5, 0.6) is 0 Å². The fourth-order valence-electron chi connectivity index (χ4n) is 3.40. The first kappa shape index (κ1) is 17.7. The molecule has 1 fully saturated rings. The van der Waals surface area contributed by atoms with Crippen molar-refractivity contribution in [3.63, 3.8) is 0 Å². The number of halogens is 1. The number of benzene rings is 1. The molecule has 1 aliphatic heterocycles. The molecule has 0 saturated carbocycles. The summed E-state index contributed by atoms with van der Waals surface area (Å²) in [6, 6.07) is 9.72. The molecule has 0 unspecified atom stereocenters. The number of carbonyl (C=O) groups excluding carboxylic acids is 1. The van der Waals surface area contributed by atoms with Crippen LogP contribution in [-0.2, 0) is 0 Å². The Morgan fingerprint density at radius 1 is 1.03 bits per heavy atom. The fraction of sp³-hybridized carbons (Fsp3) is 0.211. The zero-order valence-corrected chi connectivity index (χ0v) is 16.1. The van der Waals surface area contributed by atoms with E-state index in [2.05, 4.69) is 25.2 Å². The Bertz CT molecular complexity index is 1150. The van der Waals surface area contributed by atoms with Gasteiger partial charge in [0.1, 0.15) is 12.1 Å². The average molecular weight is 409 g/mol. The third kappa shape index (κ3) is 3.21. The molecule has 0 radical (unpaired) electrons. The van der Waals surface area contributed by atoms with Gasteiger partial charge < -0.3 is 9.80 Å². The van der Waals surface area contributed by atoms with Crippen LogP contribution in [0.4, 0.5) is 10.2 Å². The first-order valence-corrected chi connectivity index (χ1v) is 9.99. The molecule has 29 heavy (non-hydrogen) atoms. The highest BCUT2D eigenvalue weighted by Crippen LogP contribution is 2.24. The standard InChI is InChI=1S/C19H16FN7OS/c20-13-3-5-14(6-4-13)27-18-16(23-24-27)17(21-12-22-18)25-7-9-26(10-8-25)19(28)15-2-1-11-29-15/h1-6,11-12H,7-10H2. The number of nitrogens with zero attached hydrogens (tertiary/aromatic N) is 7. The predicted octanol–water partition coefficient (Wildman–Crippen LogP) is 2.37. The Kier molecular flexibility index (Phi) is 4.39. The maximum absolute atomic E-state index is 13.2. The molecule has 5 rings (SSSR count). The van der Waals surface area contributed by atoms with E-state index in [1.54, 1.807) is 16.8 Å². The molecule has 4 aromatic rings. The van der Waals surface area contributed by atoms with Crippen molar-refractivity contribution in [1.82, 2.24) is 29.9 Å². The van der Waals surface area contributed by atoms with Crippen LogP contribution in [-0.4, -0.2) is 61.9 Å². The van der Waals surface area contributed by atoms with E-state index < -0.39 is 0 Å². The van der Waals surface area contributed by atoms with Crippen molar-refractivity contribution < 1.29 is 9.18 Å². The maximum Gasteiger partial charge on any atom is 0.264 e. The minimum Gasteiger partial charge on any atom is -0.351 e. The molecule has 10 heteroatoms. The van der Waals surface area contributed by atoms with Crippen LogP contribution in [0.1, 0.15) is 9.67 Å². The summed E-state index contributed by atoms with van der Waals surface area (Å²) in [5, 5.41) is 10.3. The van der Waals surface area contributed by atoms with Crippen molar-refractivity contribution in [3.8, 4) is 5.69 Å². The minimum atomic E-state index is -0.316. The fourth-order valence-corrected chi connectivity index (χ4v) is 4.09. The van der Waals surface area contributed by atoms with Crippen molar-refractivity contribution in [1.29, 1.82) is 0 Å². The van der Waals surface area contributed by atoms with E-state index in [4.69, 9.17) is 0 Å². The van der Waals surface area contributed by atoms with Crippen LogP contribution < -0.4 is 4.90 Å². The number of anilines is 1. The lowest BCUT2D eigenvalue weighted by Gasteiger charge is -2.35. The summed E-state index contributed by atoms with van der Waals surface area (Å²) in [5.74, 6) is 0.435. The number of rotatable bonds is 3. The summed E-state index contributed by atoms with van der Waals surface area (Å²) in [6.07, 6.45) is 1.48. The smallest absolute Gasteiger partial charge is 0.264 e. The predicted molar refractivity (Wildman–Crippen MR) is 107 cm³/mol. The molecular weight excluding hydrogens is 393 g/mol. The van der Waals surface area contributed by atoms with Gasteiger partial charge in [-0.2, -0.15) is 4.68 Å². The number of aromatic nitrogens is 5. The molecule has 146 valence electrons. The van der Waals surface area contributed by atoms with E-state index in [0.29, 0.717) is 48.8 Å². The highest BCUT2D eigenvalue weighted by Gasteiger charge is 2.25. The second-order valence-electron chi connectivity index (χ2n) is 6.60. The van der Waals surface area contributed by atoms with Gasteiger partial charge in [0.2, 0.25) is 0 Å². The summed E-state index contributed by atoms with van der Waals surface area (Å²) in [4.78, 5) is 26.0. The Morgan fingerprint density at radius 3 is 2.55 bits per heavy atom. The van der Waals surface area contributed by atoms with Gasteiger partial charge in [-0.3, -0.25) is 4.79 Å². The number of piperazine rings is 1. The molecule has 0 N–H and O–H groups in total. The topological polar surface area (TPSA) is 80.0 Å². The third-order valence-corrected chi connectivity index (χ3v) is 5.75. The van der Waals surface area contributed by atoms with Crippen molar-refractivity contribution in [2.24, 2.45) is 0 Å². The van der Waals surface area contributed by atoms with Gasteiger partial charge in [-0.25, -0.2) is 14.4 Å². The summed E-state index contributed by atoms with van der Waals surface area (Å²) in [6.45, 7) is 2.50. The van der Waals surface area contributed by atoms with Crippen LogP contribution in [0.25, 0.3) is 16.9 Å². The highest BCUT2D eigenvalue weighted by atomic mass is 32.1. The summed E-state index contributed by atoms with van der Waals surface area (Å²) < 4.78 is 14.8. The van der Waals surface area contributed by atoms with E-state index in [1.807, 2.05) is 22.4 Å². The van der Waals surface area contributed by atoms with E-state index in [0.717, 1.165) is 4.88 Å². The number of hydrogen-bond acceptors (Lipinski definition) is 7. The molecule has 1 saturated heterocycles. The van der Waals surface area contributed by atoms with E-state index in [-0.39, 0.29) is 11.7 Å². The lowest BCUT2D eigenvalue weighted by atomic mass is 10.2. The van der Waals surface area contributed by atoms with E-state index >= 15 is 0 Å². The number of fused-ring (bicyclic) bond motifs is 1. The van der Waals surface area contributed by atoms with Gasteiger partial charge in [-0.05, 0) is 35.7 Å². The Balaban J connectivity index is 1.39. The van der Waals surface area contributed by atoms with Crippen molar-refractivity contribution in [2.75, 3.05) is 31.1 Å². The van der Waals surface area contributed by atoms with Crippen molar-refractivity contribution in [3.05, 3.63) is 58.8 Å². The molecule has 4 heterocycles. The van der Waals surface area contributed by atoms with Gasteiger partial charge in [0, 0.05) is 26.2 Å². The maximum atomic E-state index is 13.2. The van der Waals surface area contributed by atoms with Gasteiger partial charge in [0.05, 0.1) is 10.6 Å². The normalized spacial score (nSPS) is 14.5. The van der Waals surface area contributed by atoms with E-state index in [1.165, 1.54) is 29.8 Å². The third-order valence-electron chi connectivity index (χ3n) is 4.89. The van der Waals surface area contributed by atoms with Crippen LogP contribution >= 0.6 is 11.3 Å². The average Bonchev–Trinajstić information content (AvgIpc) is 3.44. The molecule has 1 amide bonds. The molecule has 0 bridgehead atoms. The van der Waals surface area contributed by atoms with Crippen LogP contribution in [0.3, 0.4) is 0 Å². The van der Waals surface area contributed by atoms with Gasteiger partial charge in [0.25, 0.3) is 5.91 Å². The molecule has 1 aliphatic rings. The lowest BCUT2D eigenvalue weighted by Crippen LogP contribution is -2.49. The SMILES string of the molecule is O=C(c1cccs1)N1CCN(c2ncnc3c2nnn3-c2ccc(F)cc2)CC1.